The van der Waals surface area contributed by atoms with Crippen molar-refractivity contribution >= 4 is 68.4 Å². The first kappa shape index (κ1) is 14.1. The highest BCUT2D eigenvalue weighted by Crippen LogP contribution is 2.16. The van der Waals surface area contributed by atoms with Crippen LogP contribution in [0.4, 0.5) is 5.69 Å². The van der Waals surface area contributed by atoms with E-state index >= 15 is 0 Å². The van der Waals surface area contributed by atoms with Crippen molar-refractivity contribution in [2.75, 3.05) is 5.32 Å². The monoisotopic (exact) mass is 487 g/mol. The first-order valence-electron chi connectivity index (χ1n) is 4.98. The van der Waals surface area contributed by atoms with Crippen LogP contribution in [0, 0.1) is 7.40 Å². The zero-order valence-corrected chi connectivity index (χ0v) is 14.1. The highest BCUT2D eigenvalue weighted by atomic mass is 127. The van der Waals surface area contributed by atoms with Crippen molar-refractivity contribution in [3.8, 4) is 0 Å². The topological polar surface area (TPSA) is 46.9 Å². The second kappa shape index (κ2) is 6.20. The van der Waals surface area contributed by atoms with Crippen LogP contribution in [-0.4, -0.2) is 15.5 Å². The fraction of sp³-hybridized carbons (Fsp3) is 0.0909. The van der Waals surface area contributed by atoms with E-state index in [0.29, 0.717) is 10.7 Å². The molecule has 0 saturated heterocycles. The minimum absolute atomic E-state index is 0.107. The Kier molecular flexibility index (Phi) is 4.84. The van der Waals surface area contributed by atoms with E-state index in [1.54, 1.807) is 35.2 Å². The average molecular weight is 487 g/mol. The molecule has 2 rings (SSSR count). The van der Waals surface area contributed by atoms with Gasteiger partial charge in [-0.15, -0.1) is 0 Å². The standard InChI is InChI=1S/C11H8ClI2N3O/c12-7-2-1-3-8(4-7)16-9(18)5-17-6-15-10(13)11(17)14/h1-4,6H,5H2,(H,16,18). The molecule has 94 valence electrons. The molecule has 0 bridgehead atoms. The lowest BCUT2D eigenvalue weighted by Crippen LogP contribution is -2.19. The number of nitrogens with one attached hydrogen (secondary N) is 1. The van der Waals surface area contributed by atoms with E-state index in [4.69, 9.17) is 11.6 Å². The molecule has 1 amide bonds. The van der Waals surface area contributed by atoms with E-state index in [1.165, 1.54) is 0 Å². The van der Waals surface area contributed by atoms with E-state index < -0.39 is 0 Å². The van der Waals surface area contributed by atoms with Crippen LogP contribution in [0.15, 0.2) is 30.6 Å². The molecule has 1 heterocycles. The average Bonchev–Trinajstić information content (AvgIpc) is 2.61. The van der Waals surface area contributed by atoms with Gasteiger partial charge in [-0.25, -0.2) is 4.98 Å². The van der Waals surface area contributed by atoms with Gasteiger partial charge in [0, 0.05) is 10.7 Å². The molecule has 7 heteroatoms. The Morgan fingerprint density at radius 1 is 1.44 bits per heavy atom. The molecule has 1 aromatic heterocycles. The molecule has 0 aliphatic heterocycles. The van der Waals surface area contributed by atoms with Gasteiger partial charge in [-0.1, -0.05) is 17.7 Å². The number of benzene rings is 1. The summed E-state index contributed by atoms with van der Waals surface area (Å²) in [6, 6.07) is 7.06. The van der Waals surface area contributed by atoms with E-state index in [9.17, 15) is 4.79 Å². The maximum atomic E-state index is 11.8. The second-order valence-electron chi connectivity index (χ2n) is 3.51. The lowest BCUT2D eigenvalue weighted by Gasteiger charge is -2.07. The third-order valence-corrected chi connectivity index (χ3v) is 5.34. The Labute approximate surface area is 136 Å². The molecule has 0 aliphatic carbocycles. The Hall–Kier alpha value is -0.350. The maximum absolute atomic E-state index is 11.8. The summed E-state index contributed by atoms with van der Waals surface area (Å²) in [6.45, 7) is 0.237. The summed E-state index contributed by atoms with van der Waals surface area (Å²) in [5.74, 6) is -0.107. The fourth-order valence-electron chi connectivity index (χ4n) is 1.37. The molecule has 18 heavy (non-hydrogen) atoms. The molecule has 0 fully saturated rings. The number of imidazole rings is 1. The van der Waals surface area contributed by atoms with Crippen LogP contribution in [0.25, 0.3) is 0 Å². The van der Waals surface area contributed by atoms with Crippen molar-refractivity contribution in [3.63, 3.8) is 0 Å². The van der Waals surface area contributed by atoms with Gasteiger partial charge in [0.1, 0.15) is 13.9 Å². The van der Waals surface area contributed by atoms with Gasteiger partial charge in [0.2, 0.25) is 5.91 Å². The van der Waals surface area contributed by atoms with Crippen molar-refractivity contribution in [2.24, 2.45) is 0 Å². The number of hydrogen-bond donors (Lipinski definition) is 1. The largest absolute Gasteiger partial charge is 0.324 e. The number of hydrogen-bond acceptors (Lipinski definition) is 2. The number of aromatic nitrogens is 2. The Morgan fingerprint density at radius 2 is 2.22 bits per heavy atom. The SMILES string of the molecule is O=C(Cn1cnc(I)c1I)Nc1cccc(Cl)c1. The van der Waals surface area contributed by atoms with Crippen molar-refractivity contribution in [2.45, 2.75) is 6.54 Å². The smallest absolute Gasteiger partial charge is 0.244 e. The summed E-state index contributed by atoms with van der Waals surface area (Å²) < 4.78 is 3.64. The molecule has 1 aromatic carbocycles. The third kappa shape index (κ3) is 3.58. The second-order valence-corrected chi connectivity index (χ2v) is 5.99. The number of carbonyl (C=O) groups excluding carboxylic acids is 1. The molecule has 0 aliphatic rings. The molecule has 2 aromatic rings. The quantitative estimate of drug-likeness (QED) is 0.675. The molecule has 0 atom stereocenters. The summed E-state index contributed by atoms with van der Waals surface area (Å²) in [5.41, 5.74) is 0.692. The van der Waals surface area contributed by atoms with Gasteiger partial charge in [-0.3, -0.25) is 4.79 Å². The van der Waals surface area contributed by atoms with Gasteiger partial charge in [-0.05, 0) is 63.4 Å². The lowest BCUT2D eigenvalue weighted by atomic mass is 10.3. The van der Waals surface area contributed by atoms with Crippen LogP contribution in [-0.2, 0) is 11.3 Å². The van der Waals surface area contributed by atoms with Crippen LogP contribution in [0.5, 0.6) is 0 Å². The summed E-state index contributed by atoms with van der Waals surface area (Å²) in [4.78, 5) is 16.0. The van der Waals surface area contributed by atoms with Crippen molar-refractivity contribution in [1.82, 2.24) is 9.55 Å². The minimum Gasteiger partial charge on any atom is -0.324 e. The number of rotatable bonds is 3. The number of carbonyl (C=O) groups is 1. The van der Waals surface area contributed by atoms with Crippen LogP contribution in [0.2, 0.25) is 5.02 Å². The number of anilines is 1. The Bertz CT molecular complexity index is 585. The van der Waals surface area contributed by atoms with Crippen LogP contribution >= 0.6 is 56.8 Å². The highest BCUT2D eigenvalue weighted by molar-refractivity contribution is 14.1. The predicted molar refractivity (Wildman–Crippen MR) is 87.7 cm³/mol. The predicted octanol–water partition coefficient (Wildman–Crippen LogP) is 3.38. The molecule has 0 unspecified atom stereocenters. The maximum Gasteiger partial charge on any atom is 0.244 e. The molecule has 4 nitrogen and oxygen atoms in total. The zero-order chi connectivity index (χ0) is 13.1. The van der Waals surface area contributed by atoms with Crippen molar-refractivity contribution < 1.29 is 4.79 Å². The van der Waals surface area contributed by atoms with E-state index in [0.717, 1.165) is 7.40 Å². The highest BCUT2D eigenvalue weighted by Gasteiger charge is 2.09. The van der Waals surface area contributed by atoms with Crippen molar-refractivity contribution in [3.05, 3.63) is 43.0 Å². The zero-order valence-electron chi connectivity index (χ0n) is 9.03. The third-order valence-electron chi connectivity index (χ3n) is 2.16. The van der Waals surface area contributed by atoms with Crippen LogP contribution in [0.1, 0.15) is 0 Å². The fourth-order valence-corrected chi connectivity index (χ4v) is 2.43. The summed E-state index contributed by atoms with van der Waals surface area (Å²) >= 11 is 10.1. The summed E-state index contributed by atoms with van der Waals surface area (Å²) in [7, 11) is 0. The molecule has 1 N–H and O–H groups in total. The van der Waals surface area contributed by atoms with Crippen LogP contribution < -0.4 is 5.32 Å². The van der Waals surface area contributed by atoms with Crippen molar-refractivity contribution in [1.29, 1.82) is 0 Å². The number of amides is 1. The van der Waals surface area contributed by atoms with Gasteiger partial charge in [0.15, 0.2) is 0 Å². The normalized spacial score (nSPS) is 10.4. The minimum atomic E-state index is -0.107. The van der Waals surface area contributed by atoms with E-state index in [2.05, 4.69) is 55.5 Å². The van der Waals surface area contributed by atoms with E-state index in [-0.39, 0.29) is 12.5 Å². The molecule has 0 spiro atoms. The number of nitrogens with zero attached hydrogens (tertiary/aromatic N) is 2. The van der Waals surface area contributed by atoms with Gasteiger partial charge in [0.25, 0.3) is 0 Å². The first-order valence-corrected chi connectivity index (χ1v) is 7.51. The van der Waals surface area contributed by atoms with Gasteiger partial charge >= 0.3 is 0 Å². The Morgan fingerprint density at radius 3 is 2.83 bits per heavy atom. The van der Waals surface area contributed by atoms with Gasteiger partial charge in [0.05, 0.1) is 6.33 Å². The van der Waals surface area contributed by atoms with Gasteiger partial charge in [-0.2, -0.15) is 0 Å². The van der Waals surface area contributed by atoms with Crippen LogP contribution in [0.3, 0.4) is 0 Å². The molecule has 0 radical (unpaired) electrons. The molecular formula is C11H8ClI2N3O. The molecular weight excluding hydrogens is 479 g/mol. The first-order chi connectivity index (χ1) is 8.56. The number of halogens is 3. The Balaban J connectivity index is 2.03. The lowest BCUT2D eigenvalue weighted by molar-refractivity contribution is -0.116. The van der Waals surface area contributed by atoms with Gasteiger partial charge < -0.3 is 9.88 Å². The summed E-state index contributed by atoms with van der Waals surface area (Å²) in [5, 5.41) is 3.39. The van der Waals surface area contributed by atoms with E-state index in [1.807, 2.05) is 0 Å². The molecule has 0 saturated carbocycles. The summed E-state index contributed by atoms with van der Waals surface area (Å²) in [6.07, 6.45) is 1.65.